The minimum absolute atomic E-state index is 0.0365. The number of non-ortho nitro benzene ring substituents is 1. The molecule has 1 heterocycles. The van der Waals surface area contributed by atoms with Gasteiger partial charge < -0.3 is 5.32 Å². The van der Waals surface area contributed by atoms with Crippen molar-refractivity contribution < 1.29 is 13.3 Å². The summed E-state index contributed by atoms with van der Waals surface area (Å²) in [6, 6.07) is 16.7. The Labute approximate surface area is 202 Å². The van der Waals surface area contributed by atoms with Crippen LogP contribution in [0.15, 0.2) is 77.7 Å². The van der Waals surface area contributed by atoms with Crippen molar-refractivity contribution in [2.45, 2.75) is 30.2 Å². The molecule has 0 amide bonds. The van der Waals surface area contributed by atoms with Crippen molar-refractivity contribution in [3.63, 3.8) is 0 Å². The van der Waals surface area contributed by atoms with Crippen LogP contribution in [0.4, 0.5) is 17.1 Å². The van der Waals surface area contributed by atoms with Crippen LogP contribution in [0.2, 0.25) is 5.02 Å². The van der Waals surface area contributed by atoms with E-state index in [1.54, 1.807) is 55.5 Å². The highest BCUT2D eigenvalue weighted by molar-refractivity contribution is 7.92. The molecular formula is C25H22ClN3O4S. The van der Waals surface area contributed by atoms with Crippen molar-refractivity contribution in [1.82, 2.24) is 0 Å². The Morgan fingerprint density at radius 1 is 1.09 bits per heavy atom. The first kappa shape index (κ1) is 22.4. The molecule has 2 aliphatic rings. The number of benzene rings is 3. The van der Waals surface area contributed by atoms with Gasteiger partial charge in [-0.2, -0.15) is 0 Å². The molecule has 174 valence electrons. The lowest BCUT2D eigenvalue weighted by atomic mass is 9.77. The van der Waals surface area contributed by atoms with Gasteiger partial charge in [0.15, 0.2) is 0 Å². The molecule has 0 aromatic heterocycles. The molecule has 0 saturated carbocycles. The number of halogens is 1. The molecule has 1 aliphatic heterocycles. The lowest BCUT2D eigenvalue weighted by Gasteiger charge is -2.37. The van der Waals surface area contributed by atoms with E-state index in [-0.39, 0.29) is 28.5 Å². The molecule has 3 aromatic rings. The Morgan fingerprint density at radius 3 is 2.56 bits per heavy atom. The number of hydrogen-bond acceptors (Lipinski definition) is 5. The summed E-state index contributed by atoms with van der Waals surface area (Å²) in [6.45, 7) is 1.80. The molecule has 7 nitrogen and oxygen atoms in total. The second-order valence-corrected chi connectivity index (χ2v) is 10.8. The maximum absolute atomic E-state index is 13.2. The number of aryl methyl sites for hydroxylation is 1. The maximum atomic E-state index is 13.2. The smallest absolute Gasteiger partial charge is 0.269 e. The van der Waals surface area contributed by atoms with Gasteiger partial charge in [0, 0.05) is 28.8 Å². The molecular weight excluding hydrogens is 474 g/mol. The van der Waals surface area contributed by atoms with Crippen molar-refractivity contribution in [3.05, 3.63) is 105 Å². The fourth-order valence-corrected chi connectivity index (χ4v) is 6.21. The lowest BCUT2D eigenvalue weighted by molar-refractivity contribution is -0.384. The number of fused-ring (bicyclic) bond motifs is 3. The molecule has 0 radical (unpaired) electrons. The van der Waals surface area contributed by atoms with Crippen molar-refractivity contribution in [1.29, 1.82) is 0 Å². The second kappa shape index (κ2) is 8.45. The topological polar surface area (TPSA) is 101 Å². The number of nitro groups is 1. The molecule has 3 aromatic carbocycles. The van der Waals surface area contributed by atoms with Gasteiger partial charge >= 0.3 is 0 Å². The normalized spacial score (nSPS) is 20.8. The molecule has 3 atom stereocenters. The quantitative estimate of drug-likeness (QED) is 0.250. The summed E-state index contributed by atoms with van der Waals surface area (Å²) in [4.78, 5) is 10.8. The van der Waals surface area contributed by atoms with Crippen LogP contribution >= 0.6 is 11.6 Å². The van der Waals surface area contributed by atoms with Crippen molar-refractivity contribution >= 4 is 38.7 Å². The van der Waals surface area contributed by atoms with E-state index in [2.05, 4.69) is 22.2 Å². The number of anilines is 2. The van der Waals surface area contributed by atoms with Gasteiger partial charge in [-0.1, -0.05) is 35.9 Å². The van der Waals surface area contributed by atoms with E-state index in [0.717, 1.165) is 28.8 Å². The first-order valence-corrected chi connectivity index (χ1v) is 12.7. The Bertz CT molecular complexity index is 1420. The number of allylic oxidation sites excluding steroid dienone is 2. The fraction of sp³-hybridized carbons (Fsp3) is 0.200. The maximum Gasteiger partial charge on any atom is 0.269 e. The minimum Gasteiger partial charge on any atom is -0.378 e. The average Bonchev–Trinajstić information content (AvgIpc) is 3.30. The van der Waals surface area contributed by atoms with Crippen molar-refractivity contribution in [2.24, 2.45) is 5.92 Å². The fourth-order valence-electron chi connectivity index (χ4n) is 4.82. The highest BCUT2D eigenvalue weighted by atomic mass is 35.5. The van der Waals surface area contributed by atoms with Crippen LogP contribution in [0, 0.1) is 23.0 Å². The van der Waals surface area contributed by atoms with Crippen LogP contribution in [-0.4, -0.2) is 13.3 Å². The summed E-state index contributed by atoms with van der Waals surface area (Å²) in [5.41, 5.74) is 4.02. The van der Waals surface area contributed by atoms with Crippen LogP contribution in [0.25, 0.3) is 0 Å². The largest absolute Gasteiger partial charge is 0.378 e. The average molecular weight is 496 g/mol. The summed E-state index contributed by atoms with van der Waals surface area (Å²) < 4.78 is 29.0. The van der Waals surface area contributed by atoms with E-state index in [4.69, 9.17) is 11.6 Å². The Morgan fingerprint density at radius 2 is 1.85 bits per heavy atom. The predicted molar refractivity (Wildman–Crippen MR) is 133 cm³/mol. The zero-order chi connectivity index (χ0) is 24.0. The molecule has 0 unspecified atom stereocenters. The van der Waals surface area contributed by atoms with E-state index >= 15 is 0 Å². The number of rotatable bonds is 5. The number of sulfonamides is 1. The summed E-state index contributed by atoms with van der Waals surface area (Å²) in [5.74, 6) is 0.224. The Kier molecular flexibility index (Phi) is 5.58. The van der Waals surface area contributed by atoms with Crippen molar-refractivity contribution in [2.75, 3.05) is 10.0 Å². The SMILES string of the molecule is Cc1cc(Cl)ccc1NS(=O)(=O)c1ccc2c(c1)[C@H]1C=CC[C@H]1[C@@H](c1ccc([N+](=O)[O-])cc1)N2. The summed E-state index contributed by atoms with van der Waals surface area (Å²) in [7, 11) is -3.80. The van der Waals surface area contributed by atoms with Crippen LogP contribution < -0.4 is 10.0 Å². The van der Waals surface area contributed by atoms with Gasteiger partial charge in [-0.3, -0.25) is 14.8 Å². The third-order valence-electron chi connectivity index (χ3n) is 6.54. The molecule has 2 N–H and O–H groups in total. The number of nitrogens with zero attached hydrogens (tertiary/aromatic N) is 1. The second-order valence-electron chi connectivity index (χ2n) is 8.64. The van der Waals surface area contributed by atoms with E-state index in [1.165, 1.54) is 12.1 Å². The molecule has 1 aliphatic carbocycles. The van der Waals surface area contributed by atoms with Gasteiger partial charge in [-0.25, -0.2) is 8.42 Å². The van der Waals surface area contributed by atoms with E-state index in [0.29, 0.717) is 10.7 Å². The summed E-state index contributed by atoms with van der Waals surface area (Å²) in [5, 5.41) is 15.1. The van der Waals surface area contributed by atoms with Gasteiger partial charge in [0.2, 0.25) is 0 Å². The van der Waals surface area contributed by atoms with Gasteiger partial charge in [0.05, 0.1) is 21.5 Å². The van der Waals surface area contributed by atoms with Crippen LogP contribution in [0.5, 0.6) is 0 Å². The Balaban J connectivity index is 1.47. The molecule has 0 bridgehead atoms. The van der Waals surface area contributed by atoms with Crippen LogP contribution in [-0.2, 0) is 10.0 Å². The highest BCUT2D eigenvalue weighted by Gasteiger charge is 2.38. The zero-order valence-corrected chi connectivity index (χ0v) is 19.8. The molecule has 5 rings (SSSR count). The third kappa shape index (κ3) is 4.03. The first-order valence-electron chi connectivity index (χ1n) is 10.8. The Hall–Kier alpha value is -3.36. The van der Waals surface area contributed by atoms with Crippen LogP contribution in [0.3, 0.4) is 0 Å². The lowest BCUT2D eigenvalue weighted by Crippen LogP contribution is -2.29. The third-order valence-corrected chi connectivity index (χ3v) is 8.14. The summed E-state index contributed by atoms with van der Waals surface area (Å²) >= 11 is 5.99. The molecule has 0 saturated heterocycles. The molecule has 9 heteroatoms. The van der Waals surface area contributed by atoms with Crippen molar-refractivity contribution in [3.8, 4) is 0 Å². The van der Waals surface area contributed by atoms with Crippen LogP contribution in [0.1, 0.15) is 35.1 Å². The van der Waals surface area contributed by atoms with Gasteiger partial charge in [0.25, 0.3) is 15.7 Å². The first-order chi connectivity index (χ1) is 16.2. The monoisotopic (exact) mass is 495 g/mol. The molecule has 34 heavy (non-hydrogen) atoms. The predicted octanol–water partition coefficient (Wildman–Crippen LogP) is 6.18. The number of nitrogens with one attached hydrogen (secondary N) is 2. The highest BCUT2D eigenvalue weighted by Crippen LogP contribution is 2.50. The van der Waals surface area contributed by atoms with Gasteiger partial charge in [-0.05, 0) is 72.4 Å². The minimum atomic E-state index is -3.80. The van der Waals surface area contributed by atoms with E-state index in [9.17, 15) is 18.5 Å². The van der Waals surface area contributed by atoms with Gasteiger partial charge in [-0.15, -0.1) is 0 Å². The zero-order valence-electron chi connectivity index (χ0n) is 18.2. The summed E-state index contributed by atoms with van der Waals surface area (Å²) in [6.07, 6.45) is 5.06. The van der Waals surface area contributed by atoms with E-state index < -0.39 is 14.9 Å². The molecule has 0 fully saturated rings. The number of hydrogen-bond donors (Lipinski definition) is 2. The van der Waals surface area contributed by atoms with E-state index in [1.807, 2.05) is 0 Å². The standard InChI is InChI=1S/C25H22ClN3O4S/c1-15-13-17(26)7-11-23(15)28-34(32,33)19-10-12-24-22(14-19)20-3-2-4-21(20)25(27-24)16-5-8-18(9-6-16)29(30)31/h2-3,5-14,20-21,25,27-28H,4H2,1H3/t20-,21+,25+/m0/s1. The molecule has 0 spiro atoms. The van der Waals surface area contributed by atoms with Gasteiger partial charge in [0.1, 0.15) is 0 Å². The number of nitro benzene ring substituents is 1.